The first-order valence-electron chi connectivity index (χ1n) is 5.00. The lowest BCUT2D eigenvalue weighted by Crippen LogP contribution is -2.27. The van der Waals surface area contributed by atoms with E-state index in [2.05, 4.69) is 16.8 Å². The average Bonchev–Trinajstić information content (AvgIpc) is 2.30. The fraction of sp³-hybridized carbons (Fsp3) is 0.182. The number of benzene rings is 1. The largest absolute Gasteiger partial charge is 0.461 e. The van der Waals surface area contributed by atoms with Gasteiger partial charge in [0.25, 0.3) is 5.04 Å². The molecule has 0 fully saturated rings. The third kappa shape index (κ3) is 2.67. The second-order valence-corrected chi connectivity index (χ2v) is 5.07. The van der Waals surface area contributed by atoms with Gasteiger partial charge in [0, 0.05) is 0 Å². The van der Waals surface area contributed by atoms with E-state index in [1.165, 1.54) is 25.1 Å². The lowest BCUT2D eigenvalue weighted by molar-refractivity contribution is -0.134. The van der Waals surface area contributed by atoms with E-state index in [4.69, 9.17) is 5.21 Å². The van der Waals surface area contributed by atoms with Crippen LogP contribution in [0.1, 0.15) is 12.5 Å². The number of rotatable bonds is 2. The number of hydrogen-bond donors (Lipinski definition) is 1. The molecule has 0 bridgehead atoms. The van der Waals surface area contributed by atoms with Crippen molar-refractivity contribution in [2.45, 2.75) is 11.8 Å². The zero-order valence-corrected chi connectivity index (χ0v) is 10.5. The van der Waals surface area contributed by atoms with Crippen LogP contribution in [0.2, 0.25) is 0 Å². The number of esters is 1. The van der Waals surface area contributed by atoms with E-state index in [1.807, 2.05) is 0 Å². The summed E-state index contributed by atoms with van der Waals surface area (Å²) in [5, 5.41) is 10.2. The van der Waals surface area contributed by atoms with Crippen LogP contribution in [0.5, 0.6) is 0 Å². The predicted octanol–water partition coefficient (Wildman–Crippen LogP) is 0.993. The van der Waals surface area contributed by atoms with Gasteiger partial charge in [-0.25, -0.2) is 13.2 Å². The number of nitrogens with zero attached hydrogens (tertiary/aromatic N) is 1. The van der Waals surface area contributed by atoms with Crippen LogP contribution in [0.4, 0.5) is 0 Å². The SMILES string of the molecule is [CH2]c1ccccc1S(=O)(=O)C(=NO)C(=O)OCC. The van der Waals surface area contributed by atoms with Crippen molar-refractivity contribution in [1.82, 2.24) is 0 Å². The van der Waals surface area contributed by atoms with Gasteiger partial charge in [0.2, 0.25) is 9.84 Å². The van der Waals surface area contributed by atoms with E-state index in [0.717, 1.165) is 0 Å². The number of hydrogen-bond acceptors (Lipinski definition) is 6. The summed E-state index contributed by atoms with van der Waals surface area (Å²) >= 11 is 0. The van der Waals surface area contributed by atoms with Crippen molar-refractivity contribution in [3.05, 3.63) is 36.8 Å². The monoisotopic (exact) mass is 270 g/mol. The quantitative estimate of drug-likeness (QED) is 0.284. The van der Waals surface area contributed by atoms with Crippen molar-refractivity contribution in [2.24, 2.45) is 5.16 Å². The highest BCUT2D eigenvalue weighted by Crippen LogP contribution is 2.17. The Morgan fingerprint density at radius 2 is 2.06 bits per heavy atom. The summed E-state index contributed by atoms with van der Waals surface area (Å²) in [6, 6.07) is 5.80. The van der Waals surface area contributed by atoms with Gasteiger partial charge in [0.15, 0.2) is 0 Å². The number of carbonyl (C=O) groups is 1. The molecule has 0 atom stereocenters. The Morgan fingerprint density at radius 3 is 2.56 bits per heavy atom. The highest BCUT2D eigenvalue weighted by molar-refractivity contribution is 8.08. The van der Waals surface area contributed by atoms with Crippen LogP contribution >= 0.6 is 0 Å². The Hall–Kier alpha value is -1.89. The first-order valence-corrected chi connectivity index (χ1v) is 6.48. The van der Waals surface area contributed by atoms with Crippen molar-refractivity contribution in [2.75, 3.05) is 6.61 Å². The van der Waals surface area contributed by atoms with E-state index in [-0.39, 0.29) is 17.1 Å². The van der Waals surface area contributed by atoms with Crippen molar-refractivity contribution in [3.8, 4) is 0 Å². The van der Waals surface area contributed by atoms with Gasteiger partial charge in [-0.05, 0) is 25.5 Å². The van der Waals surface area contributed by atoms with E-state index in [0.29, 0.717) is 0 Å². The molecule has 0 saturated heterocycles. The molecular formula is C11H12NO5S. The molecule has 1 aromatic rings. The van der Waals surface area contributed by atoms with Crippen LogP contribution in [-0.4, -0.2) is 31.2 Å². The molecule has 0 aromatic heterocycles. The molecular weight excluding hydrogens is 258 g/mol. The van der Waals surface area contributed by atoms with E-state index in [9.17, 15) is 13.2 Å². The zero-order chi connectivity index (χ0) is 13.8. The minimum atomic E-state index is -4.24. The molecule has 1 N–H and O–H groups in total. The summed E-state index contributed by atoms with van der Waals surface area (Å²) in [5.41, 5.74) is 0.197. The molecule has 0 amide bonds. The number of carbonyl (C=O) groups excluding carboxylic acids is 1. The molecule has 1 aromatic carbocycles. The summed E-state index contributed by atoms with van der Waals surface area (Å²) in [7, 11) is -4.24. The Kier molecular flexibility index (Phi) is 4.43. The standard InChI is InChI=1S/C11H12NO5S/c1-3-17-11(13)10(12-14)18(15,16)9-7-5-4-6-8(9)2/h4-7,14H,2-3H2,1H3. The Morgan fingerprint density at radius 1 is 1.44 bits per heavy atom. The molecule has 0 aliphatic rings. The van der Waals surface area contributed by atoms with Gasteiger partial charge in [-0.3, -0.25) is 0 Å². The van der Waals surface area contributed by atoms with Gasteiger partial charge in [0.05, 0.1) is 11.5 Å². The van der Waals surface area contributed by atoms with Crippen LogP contribution in [-0.2, 0) is 19.4 Å². The van der Waals surface area contributed by atoms with E-state index >= 15 is 0 Å². The minimum Gasteiger partial charge on any atom is -0.461 e. The zero-order valence-electron chi connectivity index (χ0n) is 9.66. The van der Waals surface area contributed by atoms with Gasteiger partial charge >= 0.3 is 5.97 Å². The smallest absolute Gasteiger partial charge is 0.372 e. The fourth-order valence-electron chi connectivity index (χ4n) is 1.27. The second kappa shape index (κ2) is 5.63. The molecule has 0 aliphatic heterocycles. The van der Waals surface area contributed by atoms with Gasteiger partial charge in [0.1, 0.15) is 0 Å². The number of oxime groups is 1. The predicted molar refractivity (Wildman–Crippen MR) is 63.9 cm³/mol. The molecule has 0 saturated carbocycles. The number of sulfone groups is 1. The normalized spacial score (nSPS) is 12.2. The maximum atomic E-state index is 12.1. The van der Waals surface area contributed by atoms with Gasteiger partial charge in [-0.2, -0.15) is 0 Å². The van der Waals surface area contributed by atoms with Crippen molar-refractivity contribution in [1.29, 1.82) is 0 Å². The van der Waals surface area contributed by atoms with Gasteiger partial charge in [-0.1, -0.05) is 23.4 Å². The van der Waals surface area contributed by atoms with E-state index < -0.39 is 20.9 Å². The molecule has 0 unspecified atom stereocenters. The molecule has 1 rings (SSSR count). The molecule has 0 aliphatic carbocycles. The summed E-state index contributed by atoms with van der Waals surface area (Å²) in [6.45, 7) is 5.02. The summed E-state index contributed by atoms with van der Waals surface area (Å²) in [5.74, 6) is -1.21. The molecule has 0 spiro atoms. The molecule has 18 heavy (non-hydrogen) atoms. The van der Waals surface area contributed by atoms with Crippen LogP contribution < -0.4 is 0 Å². The second-order valence-electron chi connectivity index (χ2n) is 3.24. The number of ether oxygens (including phenoxy) is 1. The van der Waals surface area contributed by atoms with Crippen molar-refractivity contribution in [3.63, 3.8) is 0 Å². The van der Waals surface area contributed by atoms with Crippen molar-refractivity contribution < 1.29 is 23.2 Å². The highest BCUT2D eigenvalue weighted by atomic mass is 32.2. The first kappa shape index (κ1) is 14.2. The molecule has 97 valence electrons. The van der Waals surface area contributed by atoms with Gasteiger partial charge < -0.3 is 9.94 Å². The van der Waals surface area contributed by atoms with Crippen LogP contribution in [0.3, 0.4) is 0 Å². The summed E-state index contributed by atoms with van der Waals surface area (Å²) in [6.07, 6.45) is 0. The average molecular weight is 270 g/mol. The lowest BCUT2D eigenvalue weighted by Gasteiger charge is -2.07. The third-order valence-electron chi connectivity index (χ3n) is 2.06. The first-order chi connectivity index (χ1) is 8.45. The Balaban J connectivity index is 3.30. The maximum absolute atomic E-state index is 12.1. The van der Waals surface area contributed by atoms with Crippen molar-refractivity contribution >= 4 is 20.9 Å². The third-order valence-corrected chi connectivity index (χ3v) is 3.79. The van der Waals surface area contributed by atoms with Crippen LogP contribution in [0.15, 0.2) is 34.3 Å². The molecule has 7 heteroatoms. The lowest BCUT2D eigenvalue weighted by atomic mass is 10.2. The molecule has 6 nitrogen and oxygen atoms in total. The van der Waals surface area contributed by atoms with E-state index in [1.54, 1.807) is 6.07 Å². The Labute approximate surface area is 105 Å². The van der Waals surface area contributed by atoms with Crippen LogP contribution in [0.25, 0.3) is 0 Å². The minimum absolute atomic E-state index is 0.0284. The topological polar surface area (TPSA) is 93.0 Å². The summed E-state index contributed by atoms with van der Waals surface area (Å²) in [4.78, 5) is 11.2. The fourth-order valence-corrected chi connectivity index (χ4v) is 2.53. The maximum Gasteiger partial charge on any atom is 0.372 e. The molecule has 0 heterocycles. The van der Waals surface area contributed by atoms with Gasteiger partial charge in [-0.15, -0.1) is 0 Å². The highest BCUT2D eigenvalue weighted by Gasteiger charge is 2.32. The summed E-state index contributed by atoms with van der Waals surface area (Å²) < 4.78 is 28.7. The Bertz CT molecular complexity index is 577. The molecule has 1 radical (unpaired) electrons. The van der Waals surface area contributed by atoms with Crippen LogP contribution in [0, 0.1) is 6.92 Å².